The number of benzene rings is 3. The lowest BCUT2D eigenvalue weighted by molar-refractivity contribution is 0.219. The molecule has 0 saturated carbocycles. The number of hydrogen-bond acceptors (Lipinski definition) is 3. The summed E-state index contributed by atoms with van der Waals surface area (Å²) in [7, 11) is 3.43. The van der Waals surface area contributed by atoms with Crippen LogP contribution in [0.1, 0.15) is 19.5 Å². The Bertz CT molecular complexity index is 1430. The number of urea groups is 1. The van der Waals surface area contributed by atoms with E-state index in [-0.39, 0.29) is 24.2 Å². The Morgan fingerprint density at radius 2 is 1.77 bits per heavy atom. The van der Waals surface area contributed by atoms with Crippen LogP contribution in [0.5, 0.6) is 5.75 Å². The van der Waals surface area contributed by atoms with Crippen LogP contribution in [-0.4, -0.2) is 28.6 Å². The molecule has 180 valence electrons. The summed E-state index contributed by atoms with van der Waals surface area (Å²) in [4.78, 5) is 27.8. The van der Waals surface area contributed by atoms with E-state index in [1.54, 1.807) is 41.8 Å². The van der Waals surface area contributed by atoms with Crippen LogP contribution < -0.4 is 15.6 Å². The van der Waals surface area contributed by atoms with E-state index in [9.17, 15) is 9.59 Å². The molecule has 1 aromatic heterocycles. The van der Waals surface area contributed by atoms with Crippen molar-refractivity contribution in [1.82, 2.24) is 9.47 Å². The summed E-state index contributed by atoms with van der Waals surface area (Å²) in [5.74, 6) is 0.681. The summed E-state index contributed by atoms with van der Waals surface area (Å²) in [5.41, 5.74) is 3.02. The topological polar surface area (TPSA) is 63.6 Å². The van der Waals surface area contributed by atoms with Gasteiger partial charge in [0, 0.05) is 47.5 Å². The number of nitrogens with zero attached hydrogens (tertiary/aromatic N) is 2. The molecule has 1 heterocycles. The van der Waals surface area contributed by atoms with Crippen LogP contribution in [0, 0.1) is 0 Å². The molecule has 0 aliphatic carbocycles. The third kappa shape index (κ3) is 5.33. The van der Waals surface area contributed by atoms with Gasteiger partial charge in [0.1, 0.15) is 5.75 Å². The van der Waals surface area contributed by atoms with Crippen LogP contribution in [0.15, 0.2) is 77.6 Å². The monoisotopic (exact) mass is 489 g/mol. The molecule has 0 atom stereocenters. The van der Waals surface area contributed by atoms with Gasteiger partial charge in [-0.15, -0.1) is 0 Å². The van der Waals surface area contributed by atoms with E-state index in [1.165, 1.54) is 0 Å². The lowest BCUT2D eigenvalue weighted by Crippen LogP contribution is -2.34. The zero-order valence-corrected chi connectivity index (χ0v) is 21.0. The van der Waals surface area contributed by atoms with E-state index >= 15 is 0 Å². The second-order valence-corrected chi connectivity index (χ2v) is 9.16. The van der Waals surface area contributed by atoms with Gasteiger partial charge >= 0.3 is 6.03 Å². The summed E-state index contributed by atoms with van der Waals surface area (Å²) in [6.07, 6.45) is 0.0303. The molecule has 35 heavy (non-hydrogen) atoms. The average Bonchev–Trinajstić information content (AvgIpc) is 2.82. The lowest BCUT2D eigenvalue weighted by Gasteiger charge is -2.23. The molecule has 0 spiro atoms. The Morgan fingerprint density at radius 3 is 2.49 bits per heavy atom. The summed E-state index contributed by atoms with van der Waals surface area (Å²) in [6, 6.07) is 22.1. The minimum absolute atomic E-state index is 0.0303. The van der Waals surface area contributed by atoms with Gasteiger partial charge in [-0.2, -0.15) is 0 Å². The van der Waals surface area contributed by atoms with Gasteiger partial charge < -0.3 is 19.5 Å². The number of aromatic nitrogens is 1. The molecule has 2 amide bonds. The molecule has 4 aromatic rings. The number of rotatable bonds is 6. The zero-order chi connectivity index (χ0) is 25.1. The normalized spacial score (nSPS) is 11.0. The number of hydrogen-bond donors (Lipinski definition) is 1. The van der Waals surface area contributed by atoms with Crippen molar-refractivity contribution in [3.63, 3.8) is 0 Å². The molecular formula is C28H28ClN3O3. The fraction of sp³-hybridized carbons (Fsp3) is 0.214. The fourth-order valence-electron chi connectivity index (χ4n) is 4.08. The molecule has 0 aliphatic rings. The second-order valence-electron chi connectivity index (χ2n) is 8.72. The average molecular weight is 490 g/mol. The molecule has 0 unspecified atom stereocenters. The Labute approximate surface area is 209 Å². The summed E-state index contributed by atoms with van der Waals surface area (Å²) < 4.78 is 7.33. The van der Waals surface area contributed by atoms with Gasteiger partial charge in [0.15, 0.2) is 0 Å². The van der Waals surface area contributed by atoms with Crippen LogP contribution >= 0.6 is 11.6 Å². The molecule has 0 saturated heterocycles. The highest BCUT2D eigenvalue weighted by atomic mass is 35.5. The molecule has 6 nitrogen and oxygen atoms in total. The predicted octanol–water partition coefficient (Wildman–Crippen LogP) is 6.31. The molecule has 0 bridgehead atoms. The Kier molecular flexibility index (Phi) is 7.12. The summed E-state index contributed by atoms with van der Waals surface area (Å²) in [5, 5.41) is 4.79. The first-order valence-corrected chi connectivity index (χ1v) is 11.8. The number of pyridine rings is 1. The van der Waals surface area contributed by atoms with Gasteiger partial charge in [-0.3, -0.25) is 4.79 Å². The number of carbonyl (C=O) groups excluding carboxylic acids is 1. The van der Waals surface area contributed by atoms with Crippen molar-refractivity contribution in [3.8, 4) is 16.9 Å². The maximum atomic E-state index is 13.2. The van der Waals surface area contributed by atoms with E-state index in [2.05, 4.69) is 5.32 Å². The standard InChI is InChI=1S/C28H28ClN3O3/c1-18(2)35-22-12-8-11-21(16-22)30-28(34)31(3)17-25-26(19-9-6-5-7-10-19)24-15-20(29)13-14-23(24)27(33)32(25)4/h5-16,18H,17H2,1-4H3,(H,30,34). The quantitative estimate of drug-likeness (QED) is 0.345. The van der Waals surface area contributed by atoms with E-state index in [0.29, 0.717) is 27.5 Å². The molecule has 4 rings (SSSR count). The first-order valence-electron chi connectivity index (χ1n) is 11.4. The van der Waals surface area contributed by atoms with Crippen LogP contribution in [0.2, 0.25) is 5.02 Å². The largest absolute Gasteiger partial charge is 0.491 e. The fourth-order valence-corrected chi connectivity index (χ4v) is 4.26. The Balaban J connectivity index is 1.71. The predicted molar refractivity (Wildman–Crippen MR) is 142 cm³/mol. The number of ether oxygens (including phenoxy) is 1. The first kappa shape index (κ1) is 24.4. The van der Waals surface area contributed by atoms with Crippen LogP contribution in [0.3, 0.4) is 0 Å². The van der Waals surface area contributed by atoms with Crippen molar-refractivity contribution in [3.05, 3.63) is 93.9 Å². The van der Waals surface area contributed by atoms with Crippen LogP contribution in [0.4, 0.5) is 10.5 Å². The van der Waals surface area contributed by atoms with Crippen molar-refractivity contribution in [2.75, 3.05) is 12.4 Å². The summed E-state index contributed by atoms with van der Waals surface area (Å²) >= 11 is 6.32. The molecular weight excluding hydrogens is 462 g/mol. The number of nitrogens with one attached hydrogen (secondary N) is 1. The third-order valence-electron chi connectivity index (χ3n) is 5.73. The summed E-state index contributed by atoms with van der Waals surface area (Å²) in [6.45, 7) is 4.11. The number of carbonyl (C=O) groups is 1. The number of anilines is 1. The lowest BCUT2D eigenvalue weighted by atomic mass is 9.96. The van der Waals surface area contributed by atoms with Crippen molar-refractivity contribution < 1.29 is 9.53 Å². The van der Waals surface area contributed by atoms with Crippen LogP contribution in [-0.2, 0) is 13.6 Å². The molecule has 1 N–H and O–H groups in total. The number of amides is 2. The van der Waals surface area contributed by atoms with Gasteiger partial charge in [0.25, 0.3) is 5.56 Å². The second kappa shape index (κ2) is 10.2. The van der Waals surface area contributed by atoms with Gasteiger partial charge in [-0.05, 0) is 55.1 Å². The van der Waals surface area contributed by atoms with Crippen molar-refractivity contribution in [2.45, 2.75) is 26.5 Å². The molecule has 0 radical (unpaired) electrons. The van der Waals surface area contributed by atoms with Gasteiger partial charge in [0.2, 0.25) is 0 Å². The SMILES string of the molecule is CC(C)Oc1cccc(NC(=O)N(C)Cc2c(-c3ccccc3)c3cc(Cl)ccc3c(=O)n2C)c1. The minimum atomic E-state index is -0.302. The third-order valence-corrected chi connectivity index (χ3v) is 5.97. The highest BCUT2D eigenvalue weighted by molar-refractivity contribution is 6.31. The molecule has 7 heteroatoms. The number of fused-ring (bicyclic) bond motifs is 1. The van der Waals surface area contributed by atoms with Crippen LogP contribution in [0.25, 0.3) is 21.9 Å². The smallest absolute Gasteiger partial charge is 0.321 e. The molecule has 0 fully saturated rings. The van der Waals surface area contributed by atoms with Gasteiger partial charge in [-0.1, -0.05) is 48.0 Å². The Hall–Kier alpha value is -3.77. The highest BCUT2D eigenvalue weighted by Crippen LogP contribution is 2.32. The van der Waals surface area contributed by atoms with E-state index in [1.807, 2.05) is 68.4 Å². The van der Waals surface area contributed by atoms with Gasteiger partial charge in [0.05, 0.1) is 12.6 Å². The first-order chi connectivity index (χ1) is 16.7. The maximum absolute atomic E-state index is 13.2. The molecule has 3 aromatic carbocycles. The number of halogens is 1. The van der Waals surface area contributed by atoms with Crippen molar-refractivity contribution >= 4 is 34.1 Å². The maximum Gasteiger partial charge on any atom is 0.321 e. The highest BCUT2D eigenvalue weighted by Gasteiger charge is 2.20. The van der Waals surface area contributed by atoms with E-state index in [4.69, 9.17) is 16.3 Å². The Morgan fingerprint density at radius 1 is 1.03 bits per heavy atom. The van der Waals surface area contributed by atoms with Gasteiger partial charge in [-0.25, -0.2) is 4.79 Å². The van der Waals surface area contributed by atoms with Crippen molar-refractivity contribution in [1.29, 1.82) is 0 Å². The van der Waals surface area contributed by atoms with E-state index < -0.39 is 0 Å². The van der Waals surface area contributed by atoms with Crippen molar-refractivity contribution in [2.24, 2.45) is 7.05 Å². The zero-order valence-electron chi connectivity index (χ0n) is 20.2. The minimum Gasteiger partial charge on any atom is -0.491 e. The molecule has 0 aliphatic heterocycles. The van der Waals surface area contributed by atoms with E-state index in [0.717, 1.165) is 16.5 Å².